The normalized spacial score (nSPS) is 25.2. The molecule has 1 fully saturated rings. The molecule has 0 aromatic carbocycles. The maximum Gasteiger partial charge on any atom is 0.321 e. The van der Waals surface area contributed by atoms with Crippen molar-refractivity contribution in [1.29, 1.82) is 0 Å². The molecule has 18 heavy (non-hydrogen) atoms. The zero-order chi connectivity index (χ0) is 13.1. The van der Waals surface area contributed by atoms with E-state index >= 15 is 0 Å². The molecule has 0 radical (unpaired) electrons. The summed E-state index contributed by atoms with van der Waals surface area (Å²) < 4.78 is 2.07. The van der Waals surface area contributed by atoms with Gasteiger partial charge in [0.1, 0.15) is 11.9 Å². The lowest BCUT2D eigenvalue weighted by Gasteiger charge is -2.37. The maximum absolute atomic E-state index is 11.4. The molecule has 1 saturated heterocycles. The second-order valence-corrected chi connectivity index (χ2v) is 5.00. The van der Waals surface area contributed by atoms with E-state index in [4.69, 9.17) is 0 Å². The second kappa shape index (κ2) is 5.52. The van der Waals surface area contributed by atoms with Crippen molar-refractivity contribution in [1.82, 2.24) is 14.5 Å². The van der Waals surface area contributed by atoms with Gasteiger partial charge in [0, 0.05) is 18.9 Å². The van der Waals surface area contributed by atoms with Gasteiger partial charge in [-0.3, -0.25) is 9.69 Å². The van der Waals surface area contributed by atoms with E-state index in [0.29, 0.717) is 6.54 Å². The molecule has 2 rings (SSSR count). The van der Waals surface area contributed by atoms with Gasteiger partial charge >= 0.3 is 5.97 Å². The van der Waals surface area contributed by atoms with Crippen LogP contribution in [0.2, 0.25) is 0 Å². The summed E-state index contributed by atoms with van der Waals surface area (Å²) in [5.41, 5.74) is 0. The summed E-state index contributed by atoms with van der Waals surface area (Å²) in [6.45, 7) is 6.44. The number of piperidine rings is 1. The highest BCUT2D eigenvalue weighted by atomic mass is 16.4. The molecule has 0 saturated carbocycles. The highest BCUT2D eigenvalue weighted by Crippen LogP contribution is 2.24. The lowest BCUT2D eigenvalue weighted by atomic mass is 9.91. The highest BCUT2D eigenvalue weighted by molar-refractivity contribution is 5.74. The number of carboxylic acid groups (broad SMARTS) is 1. The van der Waals surface area contributed by atoms with E-state index in [1.54, 1.807) is 6.20 Å². The van der Waals surface area contributed by atoms with Crippen molar-refractivity contribution in [3.63, 3.8) is 0 Å². The first-order valence-corrected chi connectivity index (χ1v) is 6.60. The van der Waals surface area contributed by atoms with Gasteiger partial charge in [-0.15, -0.1) is 0 Å². The van der Waals surface area contributed by atoms with Crippen molar-refractivity contribution in [3.05, 3.63) is 18.2 Å². The molecule has 0 aliphatic carbocycles. The zero-order valence-corrected chi connectivity index (χ0v) is 11.0. The van der Waals surface area contributed by atoms with Crippen LogP contribution in [-0.2, 0) is 17.9 Å². The number of carbonyl (C=O) groups is 1. The first kappa shape index (κ1) is 13.1. The minimum absolute atomic E-state index is 0.210. The highest BCUT2D eigenvalue weighted by Gasteiger charge is 2.34. The van der Waals surface area contributed by atoms with Gasteiger partial charge in [-0.2, -0.15) is 0 Å². The Hall–Kier alpha value is -1.36. The number of imidazole rings is 1. The minimum atomic E-state index is -0.711. The number of carboxylic acids is 1. The Labute approximate surface area is 107 Å². The fraction of sp³-hybridized carbons (Fsp3) is 0.692. The second-order valence-electron chi connectivity index (χ2n) is 5.00. The standard InChI is InChI=1S/C13H21N3O2/c1-3-15-8-6-14-11(15)9-16-7-4-5-10(2)12(16)13(17)18/h6,8,10,12H,3-5,7,9H2,1-2H3,(H,17,18). The molecule has 1 aliphatic rings. The minimum Gasteiger partial charge on any atom is -0.480 e. The molecule has 0 amide bonds. The van der Waals surface area contributed by atoms with Crippen LogP contribution in [0.25, 0.3) is 0 Å². The molecule has 5 nitrogen and oxygen atoms in total. The van der Waals surface area contributed by atoms with Crippen molar-refractivity contribution in [2.75, 3.05) is 6.54 Å². The largest absolute Gasteiger partial charge is 0.480 e. The van der Waals surface area contributed by atoms with Gasteiger partial charge in [0.05, 0.1) is 6.54 Å². The molecule has 2 atom stereocenters. The molecule has 0 spiro atoms. The van der Waals surface area contributed by atoms with Crippen LogP contribution in [0, 0.1) is 5.92 Å². The van der Waals surface area contributed by atoms with Gasteiger partial charge in [0.2, 0.25) is 0 Å². The van der Waals surface area contributed by atoms with Crippen LogP contribution in [0.3, 0.4) is 0 Å². The smallest absolute Gasteiger partial charge is 0.321 e. The Morgan fingerprint density at radius 1 is 1.61 bits per heavy atom. The van der Waals surface area contributed by atoms with E-state index in [-0.39, 0.29) is 12.0 Å². The molecule has 2 unspecified atom stereocenters. The number of aromatic nitrogens is 2. The van der Waals surface area contributed by atoms with Crippen molar-refractivity contribution >= 4 is 5.97 Å². The third-order valence-corrected chi connectivity index (χ3v) is 3.78. The lowest BCUT2D eigenvalue weighted by Crippen LogP contribution is -2.48. The fourth-order valence-corrected chi connectivity index (χ4v) is 2.81. The molecule has 5 heteroatoms. The van der Waals surface area contributed by atoms with Crippen molar-refractivity contribution in [2.24, 2.45) is 5.92 Å². The summed E-state index contributed by atoms with van der Waals surface area (Å²) in [6.07, 6.45) is 5.79. The maximum atomic E-state index is 11.4. The Morgan fingerprint density at radius 3 is 3.06 bits per heavy atom. The summed E-state index contributed by atoms with van der Waals surface area (Å²) in [4.78, 5) is 17.8. The number of aryl methyl sites for hydroxylation is 1. The lowest BCUT2D eigenvalue weighted by molar-refractivity contribution is -0.147. The molecule has 1 aromatic heterocycles. The Kier molecular flexibility index (Phi) is 4.01. The van der Waals surface area contributed by atoms with Crippen LogP contribution < -0.4 is 0 Å². The molecule has 1 aliphatic heterocycles. The van der Waals surface area contributed by atoms with Gasteiger partial charge in [-0.25, -0.2) is 4.98 Å². The summed E-state index contributed by atoms with van der Waals surface area (Å²) in [5.74, 6) is 0.455. The topological polar surface area (TPSA) is 58.4 Å². The fourth-order valence-electron chi connectivity index (χ4n) is 2.81. The van der Waals surface area contributed by atoms with Crippen LogP contribution in [0.4, 0.5) is 0 Å². The predicted octanol–water partition coefficient (Wildman–Crippen LogP) is 1.59. The van der Waals surface area contributed by atoms with E-state index < -0.39 is 5.97 Å². The summed E-state index contributed by atoms with van der Waals surface area (Å²) >= 11 is 0. The zero-order valence-electron chi connectivity index (χ0n) is 11.0. The van der Waals surface area contributed by atoms with E-state index in [0.717, 1.165) is 31.8 Å². The van der Waals surface area contributed by atoms with Gasteiger partial charge in [0.25, 0.3) is 0 Å². The average Bonchev–Trinajstić information content (AvgIpc) is 2.76. The summed E-state index contributed by atoms with van der Waals surface area (Å²) in [5, 5.41) is 9.37. The summed E-state index contributed by atoms with van der Waals surface area (Å²) in [7, 11) is 0. The first-order valence-electron chi connectivity index (χ1n) is 6.60. The molecule has 1 N–H and O–H groups in total. The van der Waals surface area contributed by atoms with Gasteiger partial charge in [-0.1, -0.05) is 6.92 Å². The first-order chi connectivity index (χ1) is 8.63. The van der Waals surface area contributed by atoms with Crippen LogP contribution in [0.15, 0.2) is 12.4 Å². The number of hydrogen-bond acceptors (Lipinski definition) is 3. The number of rotatable bonds is 4. The Morgan fingerprint density at radius 2 is 2.39 bits per heavy atom. The monoisotopic (exact) mass is 251 g/mol. The number of hydrogen-bond donors (Lipinski definition) is 1. The molecule has 2 heterocycles. The van der Waals surface area contributed by atoms with Crippen molar-refractivity contribution in [3.8, 4) is 0 Å². The molecule has 100 valence electrons. The van der Waals surface area contributed by atoms with Crippen LogP contribution in [-0.4, -0.2) is 38.1 Å². The van der Waals surface area contributed by atoms with Crippen molar-refractivity contribution < 1.29 is 9.90 Å². The van der Waals surface area contributed by atoms with E-state index in [1.165, 1.54) is 0 Å². The third kappa shape index (κ3) is 2.56. The number of nitrogens with zero attached hydrogens (tertiary/aromatic N) is 3. The van der Waals surface area contributed by atoms with Crippen LogP contribution in [0.5, 0.6) is 0 Å². The van der Waals surface area contributed by atoms with Crippen LogP contribution in [0.1, 0.15) is 32.5 Å². The van der Waals surface area contributed by atoms with Crippen molar-refractivity contribution in [2.45, 2.75) is 45.8 Å². The van der Waals surface area contributed by atoms with Gasteiger partial charge in [0.15, 0.2) is 0 Å². The number of aliphatic carboxylic acids is 1. The number of likely N-dealkylation sites (tertiary alicyclic amines) is 1. The summed E-state index contributed by atoms with van der Waals surface area (Å²) in [6, 6.07) is -0.374. The predicted molar refractivity (Wildman–Crippen MR) is 68.1 cm³/mol. The molecule has 0 bridgehead atoms. The quantitative estimate of drug-likeness (QED) is 0.883. The Balaban J connectivity index is 2.13. The Bertz CT molecular complexity index is 416. The molecule has 1 aromatic rings. The van der Waals surface area contributed by atoms with E-state index in [9.17, 15) is 9.90 Å². The van der Waals surface area contributed by atoms with Crippen LogP contribution >= 0.6 is 0 Å². The molecular weight excluding hydrogens is 230 g/mol. The average molecular weight is 251 g/mol. The third-order valence-electron chi connectivity index (χ3n) is 3.78. The van der Waals surface area contributed by atoms with E-state index in [1.807, 2.05) is 18.0 Å². The SMILES string of the molecule is CCn1ccnc1CN1CCCC(C)C1C(=O)O. The van der Waals surface area contributed by atoms with Gasteiger partial charge < -0.3 is 9.67 Å². The van der Waals surface area contributed by atoms with Gasteiger partial charge in [-0.05, 0) is 32.2 Å². The molecular formula is C13H21N3O2. The van der Waals surface area contributed by atoms with E-state index in [2.05, 4.69) is 16.5 Å².